The van der Waals surface area contributed by atoms with Crippen LogP contribution in [0, 0.1) is 5.92 Å². The molecule has 0 spiro atoms. The highest BCUT2D eigenvalue weighted by molar-refractivity contribution is 5.79. The molecular formula is C13H26N2O2. The number of hydrogen-bond donors (Lipinski definition) is 3. The van der Waals surface area contributed by atoms with Crippen LogP contribution in [-0.4, -0.2) is 35.7 Å². The second-order valence-electron chi connectivity index (χ2n) is 5.45. The molecule has 1 amide bonds. The van der Waals surface area contributed by atoms with E-state index in [0.717, 1.165) is 25.8 Å². The van der Waals surface area contributed by atoms with Gasteiger partial charge in [0.25, 0.3) is 0 Å². The number of aliphatic hydroxyl groups is 1. The molecule has 1 rings (SSSR count). The van der Waals surface area contributed by atoms with Crippen LogP contribution in [0.3, 0.4) is 0 Å². The van der Waals surface area contributed by atoms with Gasteiger partial charge in [-0.2, -0.15) is 0 Å². The SMILES string of the molecule is CCC(C)(CCO)NC(=O)C1CCNC(C)C1. The average molecular weight is 242 g/mol. The van der Waals surface area contributed by atoms with Crippen molar-refractivity contribution >= 4 is 5.91 Å². The highest BCUT2D eigenvalue weighted by Gasteiger charge is 2.30. The van der Waals surface area contributed by atoms with Crippen LogP contribution in [0.25, 0.3) is 0 Å². The van der Waals surface area contributed by atoms with Crippen molar-refractivity contribution in [2.75, 3.05) is 13.2 Å². The van der Waals surface area contributed by atoms with Crippen molar-refractivity contribution < 1.29 is 9.90 Å². The summed E-state index contributed by atoms with van der Waals surface area (Å²) in [4.78, 5) is 12.2. The highest BCUT2D eigenvalue weighted by atomic mass is 16.3. The van der Waals surface area contributed by atoms with Crippen LogP contribution in [-0.2, 0) is 4.79 Å². The van der Waals surface area contributed by atoms with E-state index >= 15 is 0 Å². The van der Waals surface area contributed by atoms with Crippen molar-refractivity contribution in [2.24, 2.45) is 5.92 Å². The maximum atomic E-state index is 12.2. The molecule has 4 nitrogen and oxygen atoms in total. The van der Waals surface area contributed by atoms with Crippen LogP contribution < -0.4 is 10.6 Å². The molecule has 1 saturated heterocycles. The zero-order valence-electron chi connectivity index (χ0n) is 11.3. The maximum absolute atomic E-state index is 12.2. The summed E-state index contributed by atoms with van der Waals surface area (Å²) in [6, 6.07) is 0.422. The third-order valence-electron chi connectivity index (χ3n) is 3.86. The number of piperidine rings is 1. The fourth-order valence-corrected chi connectivity index (χ4v) is 2.34. The molecule has 0 aromatic heterocycles. The Morgan fingerprint density at radius 3 is 2.82 bits per heavy atom. The molecule has 4 heteroatoms. The molecule has 0 aromatic rings. The zero-order chi connectivity index (χ0) is 12.9. The van der Waals surface area contributed by atoms with E-state index in [1.807, 2.05) is 13.8 Å². The Kier molecular flexibility index (Phi) is 5.40. The van der Waals surface area contributed by atoms with Gasteiger partial charge in [0.05, 0.1) is 0 Å². The molecule has 1 aliphatic heterocycles. The van der Waals surface area contributed by atoms with Crippen molar-refractivity contribution in [3.05, 3.63) is 0 Å². The molecule has 3 atom stereocenters. The largest absolute Gasteiger partial charge is 0.396 e. The molecule has 0 radical (unpaired) electrons. The van der Waals surface area contributed by atoms with Gasteiger partial charge in [-0.1, -0.05) is 6.92 Å². The summed E-state index contributed by atoms with van der Waals surface area (Å²) < 4.78 is 0. The second kappa shape index (κ2) is 6.36. The van der Waals surface area contributed by atoms with Crippen LogP contribution in [0.5, 0.6) is 0 Å². The lowest BCUT2D eigenvalue weighted by molar-refractivity contribution is -0.128. The fraction of sp³-hybridized carbons (Fsp3) is 0.923. The fourth-order valence-electron chi connectivity index (χ4n) is 2.34. The predicted octanol–water partition coefficient (Wildman–Crippen LogP) is 1.04. The first-order valence-corrected chi connectivity index (χ1v) is 6.67. The number of carbonyl (C=O) groups excluding carboxylic acids is 1. The van der Waals surface area contributed by atoms with Gasteiger partial charge in [-0.25, -0.2) is 0 Å². The van der Waals surface area contributed by atoms with Crippen LogP contribution in [0.4, 0.5) is 0 Å². The molecule has 0 aliphatic carbocycles. The van der Waals surface area contributed by atoms with Crippen LogP contribution >= 0.6 is 0 Å². The minimum atomic E-state index is -0.264. The van der Waals surface area contributed by atoms with E-state index in [1.54, 1.807) is 0 Å². The predicted molar refractivity (Wildman–Crippen MR) is 68.7 cm³/mol. The van der Waals surface area contributed by atoms with Crippen molar-refractivity contribution in [2.45, 2.75) is 58.0 Å². The van der Waals surface area contributed by atoms with Crippen LogP contribution in [0.2, 0.25) is 0 Å². The summed E-state index contributed by atoms with van der Waals surface area (Å²) in [5.74, 6) is 0.270. The van der Waals surface area contributed by atoms with E-state index in [-0.39, 0.29) is 24.0 Å². The van der Waals surface area contributed by atoms with E-state index < -0.39 is 0 Å². The zero-order valence-corrected chi connectivity index (χ0v) is 11.3. The number of hydrogen-bond acceptors (Lipinski definition) is 3. The number of nitrogens with one attached hydrogen (secondary N) is 2. The van der Waals surface area contributed by atoms with Crippen molar-refractivity contribution in [1.82, 2.24) is 10.6 Å². The summed E-state index contributed by atoms with van der Waals surface area (Å²) in [5, 5.41) is 15.5. The molecule has 100 valence electrons. The van der Waals surface area contributed by atoms with Gasteiger partial charge in [0, 0.05) is 24.1 Å². The molecule has 0 saturated carbocycles. The molecule has 0 aromatic carbocycles. The first-order chi connectivity index (χ1) is 8.00. The molecule has 1 heterocycles. The van der Waals surface area contributed by atoms with E-state index in [2.05, 4.69) is 17.6 Å². The molecule has 1 fully saturated rings. The minimum Gasteiger partial charge on any atom is -0.396 e. The normalized spacial score (nSPS) is 28.5. The smallest absolute Gasteiger partial charge is 0.223 e. The van der Waals surface area contributed by atoms with Gasteiger partial charge in [-0.05, 0) is 46.1 Å². The third-order valence-corrected chi connectivity index (χ3v) is 3.86. The lowest BCUT2D eigenvalue weighted by Crippen LogP contribution is -2.51. The summed E-state index contributed by atoms with van der Waals surface area (Å²) in [6.07, 6.45) is 3.29. The summed E-state index contributed by atoms with van der Waals surface area (Å²) >= 11 is 0. The lowest BCUT2D eigenvalue weighted by atomic mass is 9.89. The van der Waals surface area contributed by atoms with Crippen molar-refractivity contribution in [1.29, 1.82) is 0 Å². The van der Waals surface area contributed by atoms with Gasteiger partial charge >= 0.3 is 0 Å². The Morgan fingerprint density at radius 1 is 1.59 bits per heavy atom. The Balaban J connectivity index is 2.51. The summed E-state index contributed by atoms with van der Waals surface area (Å²) in [7, 11) is 0. The second-order valence-corrected chi connectivity index (χ2v) is 5.45. The van der Waals surface area contributed by atoms with Crippen molar-refractivity contribution in [3.63, 3.8) is 0 Å². The van der Waals surface area contributed by atoms with E-state index in [1.165, 1.54) is 0 Å². The number of rotatable bonds is 5. The van der Waals surface area contributed by atoms with E-state index in [0.29, 0.717) is 12.5 Å². The third kappa shape index (κ3) is 4.28. The Labute approximate surface area is 104 Å². The van der Waals surface area contributed by atoms with Gasteiger partial charge in [0.15, 0.2) is 0 Å². The van der Waals surface area contributed by atoms with Crippen molar-refractivity contribution in [3.8, 4) is 0 Å². The van der Waals surface area contributed by atoms with Crippen LogP contribution in [0.1, 0.15) is 46.5 Å². The average Bonchev–Trinajstić information content (AvgIpc) is 2.29. The van der Waals surface area contributed by atoms with Gasteiger partial charge in [-0.15, -0.1) is 0 Å². The number of carbonyl (C=O) groups is 1. The minimum absolute atomic E-state index is 0.118. The Hall–Kier alpha value is -0.610. The maximum Gasteiger partial charge on any atom is 0.223 e. The first-order valence-electron chi connectivity index (χ1n) is 6.67. The van der Waals surface area contributed by atoms with Crippen LogP contribution in [0.15, 0.2) is 0 Å². The van der Waals surface area contributed by atoms with E-state index in [4.69, 9.17) is 5.11 Å². The number of amides is 1. The summed E-state index contributed by atoms with van der Waals surface area (Å²) in [5.41, 5.74) is -0.264. The Morgan fingerprint density at radius 2 is 2.29 bits per heavy atom. The lowest BCUT2D eigenvalue weighted by Gasteiger charge is -2.33. The molecule has 0 bridgehead atoms. The molecule has 17 heavy (non-hydrogen) atoms. The number of aliphatic hydroxyl groups excluding tert-OH is 1. The molecular weight excluding hydrogens is 216 g/mol. The van der Waals surface area contributed by atoms with Gasteiger partial charge in [-0.3, -0.25) is 4.79 Å². The Bertz CT molecular complexity index is 258. The quantitative estimate of drug-likeness (QED) is 0.675. The standard InChI is InChI=1S/C13H26N2O2/c1-4-13(3,6-8-16)15-12(17)11-5-7-14-10(2)9-11/h10-11,14,16H,4-9H2,1-3H3,(H,15,17). The molecule has 1 aliphatic rings. The van der Waals surface area contributed by atoms with E-state index in [9.17, 15) is 4.79 Å². The van der Waals surface area contributed by atoms with Gasteiger partial charge in [0.2, 0.25) is 5.91 Å². The molecule has 3 unspecified atom stereocenters. The summed E-state index contributed by atoms with van der Waals surface area (Å²) in [6.45, 7) is 7.20. The topological polar surface area (TPSA) is 61.4 Å². The highest BCUT2D eigenvalue weighted by Crippen LogP contribution is 2.20. The van der Waals surface area contributed by atoms with Gasteiger partial charge in [0.1, 0.15) is 0 Å². The molecule has 3 N–H and O–H groups in total. The van der Waals surface area contributed by atoms with Gasteiger partial charge < -0.3 is 15.7 Å². The monoisotopic (exact) mass is 242 g/mol. The first kappa shape index (κ1) is 14.5.